The number of pyridine rings is 1. The van der Waals surface area contributed by atoms with E-state index in [4.69, 9.17) is 4.74 Å². The minimum atomic E-state index is -0.692. The first-order chi connectivity index (χ1) is 13.5. The molecule has 1 amide bonds. The number of amides is 1. The van der Waals surface area contributed by atoms with Crippen LogP contribution >= 0.6 is 0 Å². The summed E-state index contributed by atoms with van der Waals surface area (Å²) in [5.74, 6) is -1.30. The number of nitro groups is 1. The monoisotopic (exact) mass is 377 g/mol. The fourth-order valence-corrected chi connectivity index (χ4v) is 2.50. The van der Waals surface area contributed by atoms with Crippen molar-refractivity contribution in [3.63, 3.8) is 0 Å². The van der Waals surface area contributed by atoms with Crippen molar-refractivity contribution in [3.05, 3.63) is 82.5 Å². The van der Waals surface area contributed by atoms with E-state index in [0.29, 0.717) is 0 Å². The van der Waals surface area contributed by atoms with Crippen molar-refractivity contribution in [3.8, 4) is 0 Å². The zero-order chi connectivity index (χ0) is 19.9. The van der Waals surface area contributed by atoms with Crippen molar-refractivity contribution in [1.29, 1.82) is 0 Å². The summed E-state index contributed by atoms with van der Waals surface area (Å²) in [5, 5.41) is 14.1. The van der Waals surface area contributed by atoms with Gasteiger partial charge in [0.15, 0.2) is 6.61 Å². The Morgan fingerprint density at radius 1 is 1.14 bits per heavy atom. The maximum absolute atomic E-state index is 11.9. The van der Waals surface area contributed by atoms with Crippen molar-refractivity contribution in [2.75, 3.05) is 11.9 Å². The number of ether oxygens (including phenoxy) is 1. The van der Waals surface area contributed by atoms with Gasteiger partial charge < -0.3 is 10.1 Å². The summed E-state index contributed by atoms with van der Waals surface area (Å²) in [4.78, 5) is 38.2. The van der Waals surface area contributed by atoms with Crippen molar-refractivity contribution >= 4 is 40.2 Å². The van der Waals surface area contributed by atoms with E-state index < -0.39 is 23.4 Å². The van der Waals surface area contributed by atoms with Crippen LogP contribution in [-0.2, 0) is 14.3 Å². The van der Waals surface area contributed by atoms with E-state index in [1.54, 1.807) is 12.3 Å². The lowest BCUT2D eigenvalue weighted by atomic mass is 10.1. The first kappa shape index (κ1) is 18.7. The first-order valence-corrected chi connectivity index (χ1v) is 8.26. The number of fused-ring (bicyclic) bond motifs is 1. The van der Waals surface area contributed by atoms with E-state index in [-0.39, 0.29) is 11.4 Å². The van der Waals surface area contributed by atoms with Crippen LogP contribution in [0.2, 0.25) is 0 Å². The highest BCUT2D eigenvalue weighted by atomic mass is 16.6. The molecule has 2 aromatic carbocycles. The summed E-state index contributed by atoms with van der Waals surface area (Å²) < 4.78 is 4.90. The second-order valence-corrected chi connectivity index (χ2v) is 5.72. The van der Waals surface area contributed by atoms with E-state index in [1.807, 2.05) is 30.3 Å². The highest BCUT2D eigenvalue weighted by Gasteiger charge is 2.09. The third-order valence-electron chi connectivity index (χ3n) is 3.75. The number of esters is 1. The number of nitrogens with one attached hydrogen (secondary N) is 1. The van der Waals surface area contributed by atoms with Crippen LogP contribution in [0.4, 0.5) is 11.4 Å². The van der Waals surface area contributed by atoms with Gasteiger partial charge in [0.25, 0.3) is 11.6 Å². The van der Waals surface area contributed by atoms with Gasteiger partial charge in [0.2, 0.25) is 0 Å². The fraction of sp³-hybridized carbons (Fsp3) is 0.0500. The lowest BCUT2D eigenvalue weighted by Crippen LogP contribution is -2.20. The summed E-state index contributed by atoms with van der Waals surface area (Å²) in [7, 11) is 0. The van der Waals surface area contributed by atoms with Crippen LogP contribution in [0.3, 0.4) is 0 Å². The van der Waals surface area contributed by atoms with Crippen LogP contribution in [0, 0.1) is 10.1 Å². The largest absolute Gasteiger partial charge is 0.452 e. The van der Waals surface area contributed by atoms with Gasteiger partial charge in [-0.1, -0.05) is 30.3 Å². The maximum Gasteiger partial charge on any atom is 0.331 e. The third-order valence-corrected chi connectivity index (χ3v) is 3.75. The number of non-ortho nitro benzene ring substituents is 1. The van der Waals surface area contributed by atoms with Crippen LogP contribution in [0.1, 0.15) is 5.56 Å². The number of rotatable bonds is 6. The van der Waals surface area contributed by atoms with Crippen LogP contribution in [-0.4, -0.2) is 28.4 Å². The molecule has 0 aliphatic carbocycles. The van der Waals surface area contributed by atoms with Gasteiger partial charge in [-0.2, -0.15) is 0 Å². The first-order valence-electron chi connectivity index (χ1n) is 8.26. The Balaban J connectivity index is 1.56. The predicted octanol–water partition coefficient (Wildman–Crippen LogP) is 3.34. The molecule has 0 bridgehead atoms. The molecule has 140 valence electrons. The van der Waals surface area contributed by atoms with Crippen LogP contribution in [0.15, 0.2) is 66.9 Å². The molecule has 0 unspecified atom stereocenters. The van der Waals surface area contributed by atoms with Crippen molar-refractivity contribution in [1.82, 2.24) is 4.98 Å². The Morgan fingerprint density at radius 2 is 1.93 bits per heavy atom. The van der Waals surface area contributed by atoms with Crippen molar-refractivity contribution in [2.45, 2.75) is 0 Å². The summed E-state index contributed by atoms with van der Waals surface area (Å²) >= 11 is 0. The number of carbonyl (C=O) groups excluding carboxylic acids is 2. The Morgan fingerprint density at radius 3 is 2.75 bits per heavy atom. The fourth-order valence-electron chi connectivity index (χ4n) is 2.50. The summed E-state index contributed by atoms with van der Waals surface area (Å²) in [6.07, 6.45) is 4.44. The molecule has 0 aliphatic heterocycles. The normalized spacial score (nSPS) is 10.7. The average molecular weight is 377 g/mol. The molecule has 3 rings (SSSR count). The maximum atomic E-state index is 11.9. The number of carbonyl (C=O) groups is 2. The summed E-state index contributed by atoms with van der Waals surface area (Å²) in [6, 6.07) is 14.8. The summed E-state index contributed by atoms with van der Waals surface area (Å²) in [5.41, 5.74) is 1.59. The zero-order valence-electron chi connectivity index (χ0n) is 14.6. The average Bonchev–Trinajstić information content (AvgIpc) is 2.71. The predicted molar refractivity (Wildman–Crippen MR) is 103 cm³/mol. The number of benzene rings is 2. The van der Waals surface area contributed by atoms with Gasteiger partial charge in [-0.05, 0) is 18.2 Å². The Bertz CT molecular complexity index is 1070. The van der Waals surface area contributed by atoms with E-state index >= 15 is 0 Å². The number of hydrogen-bond acceptors (Lipinski definition) is 6. The minimum absolute atomic E-state index is 0.151. The van der Waals surface area contributed by atoms with Crippen LogP contribution < -0.4 is 5.32 Å². The van der Waals surface area contributed by atoms with Crippen LogP contribution in [0.25, 0.3) is 17.0 Å². The number of nitro benzene ring substituents is 1. The molecular formula is C20H15N3O5. The molecule has 8 heteroatoms. The van der Waals surface area contributed by atoms with Gasteiger partial charge in [-0.25, -0.2) is 4.79 Å². The molecule has 0 atom stereocenters. The Hall–Kier alpha value is -4.07. The number of nitrogens with zero attached hydrogens (tertiary/aromatic N) is 2. The third kappa shape index (κ3) is 4.76. The second-order valence-electron chi connectivity index (χ2n) is 5.72. The molecule has 3 aromatic rings. The van der Waals surface area contributed by atoms with E-state index in [1.165, 1.54) is 30.3 Å². The number of hydrogen-bond donors (Lipinski definition) is 1. The molecule has 0 saturated heterocycles. The molecule has 0 radical (unpaired) electrons. The van der Waals surface area contributed by atoms with E-state index in [9.17, 15) is 19.7 Å². The van der Waals surface area contributed by atoms with Crippen molar-refractivity contribution < 1.29 is 19.2 Å². The molecule has 0 spiro atoms. The van der Waals surface area contributed by atoms with Gasteiger partial charge >= 0.3 is 5.97 Å². The van der Waals surface area contributed by atoms with Gasteiger partial charge in [-0.3, -0.25) is 19.9 Å². The van der Waals surface area contributed by atoms with Crippen LogP contribution in [0.5, 0.6) is 0 Å². The molecule has 0 saturated carbocycles. The topological polar surface area (TPSA) is 111 Å². The SMILES string of the molecule is O=C(COC(=O)/C=C/c1cccc2cccnc12)Nc1cccc([N+](=O)[O-])c1. The lowest BCUT2D eigenvalue weighted by Gasteiger charge is -2.05. The molecular weight excluding hydrogens is 362 g/mol. The molecule has 1 N–H and O–H groups in total. The van der Waals surface area contributed by atoms with Gasteiger partial charge in [0.05, 0.1) is 10.4 Å². The second kappa shape index (κ2) is 8.54. The minimum Gasteiger partial charge on any atom is -0.452 e. The molecule has 1 aromatic heterocycles. The Labute approximate surface area is 159 Å². The molecule has 28 heavy (non-hydrogen) atoms. The molecule has 0 aliphatic rings. The molecule has 8 nitrogen and oxygen atoms in total. The number of para-hydroxylation sites is 1. The van der Waals surface area contributed by atoms with Crippen molar-refractivity contribution in [2.24, 2.45) is 0 Å². The Kier molecular flexibility index (Phi) is 5.71. The van der Waals surface area contributed by atoms with E-state index in [2.05, 4.69) is 10.3 Å². The zero-order valence-corrected chi connectivity index (χ0v) is 14.6. The highest BCUT2D eigenvalue weighted by molar-refractivity contribution is 5.96. The number of anilines is 1. The number of aromatic nitrogens is 1. The molecule has 1 heterocycles. The smallest absolute Gasteiger partial charge is 0.331 e. The molecule has 0 fully saturated rings. The van der Waals surface area contributed by atoms with Gasteiger partial charge in [0.1, 0.15) is 0 Å². The highest BCUT2D eigenvalue weighted by Crippen LogP contribution is 2.18. The van der Waals surface area contributed by atoms with E-state index in [0.717, 1.165) is 16.5 Å². The van der Waals surface area contributed by atoms with Gasteiger partial charge in [-0.15, -0.1) is 0 Å². The lowest BCUT2D eigenvalue weighted by molar-refractivity contribution is -0.384. The summed E-state index contributed by atoms with van der Waals surface area (Å²) in [6.45, 7) is -0.514. The quantitative estimate of drug-likeness (QED) is 0.305. The standard InChI is InChI=1S/C20H15N3O5/c24-18(22-16-7-2-8-17(12-16)23(26)27)13-28-19(25)10-9-15-5-1-4-14-6-3-11-21-20(14)15/h1-12H,13H2,(H,22,24)/b10-9+. The van der Waals surface area contributed by atoms with Gasteiger partial charge in [0, 0.05) is 41.0 Å².